The summed E-state index contributed by atoms with van der Waals surface area (Å²) < 4.78 is 14.5. The van der Waals surface area contributed by atoms with Gasteiger partial charge in [0, 0.05) is 17.0 Å². The monoisotopic (exact) mass is 388 g/mol. The Morgan fingerprint density at radius 3 is 1.93 bits per heavy atom. The van der Waals surface area contributed by atoms with Crippen LogP contribution in [0.5, 0.6) is 0 Å². The molecule has 0 saturated carbocycles. The Morgan fingerprint density at radius 1 is 0.857 bits per heavy atom. The number of carbonyl (C=O) groups excluding carboxylic acids is 1. The van der Waals surface area contributed by atoms with E-state index in [2.05, 4.69) is 10.5 Å². The van der Waals surface area contributed by atoms with Crippen molar-refractivity contribution < 1.29 is 9.36 Å². The van der Waals surface area contributed by atoms with E-state index in [0.29, 0.717) is 17.0 Å². The molecule has 1 heterocycles. The van der Waals surface area contributed by atoms with Crippen LogP contribution in [0.2, 0.25) is 0 Å². The van der Waals surface area contributed by atoms with Crippen molar-refractivity contribution in [3.05, 3.63) is 96.1 Å². The van der Waals surface area contributed by atoms with Crippen LogP contribution >= 0.6 is 7.14 Å². The van der Waals surface area contributed by atoms with Gasteiger partial charge in [0.1, 0.15) is 5.66 Å². The molecule has 1 aliphatic rings. The predicted octanol–water partition coefficient (Wildman–Crippen LogP) is 3.60. The van der Waals surface area contributed by atoms with Gasteiger partial charge in [0.2, 0.25) is 0 Å². The van der Waals surface area contributed by atoms with E-state index in [4.69, 9.17) is 0 Å². The number of rotatable bonds is 4. The number of hydrazone groups is 1. The van der Waals surface area contributed by atoms with Crippen molar-refractivity contribution in [3.63, 3.8) is 0 Å². The molecule has 4 rings (SSSR count). The maximum Gasteiger partial charge on any atom is 0.251 e. The van der Waals surface area contributed by atoms with Crippen LogP contribution in [0, 0.1) is 6.92 Å². The van der Waals surface area contributed by atoms with Gasteiger partial charge in [-0.2, -0.15) is 5.10 Å². The smallest absolute Gasteiger partial charge is 0.251 e. The SMILES string of the molecule is Cc1ccc(C2=NNC(=O)[C@@H](P(=O)(c3ccccc3)c3ccccc3)C2)cc1. The number of nitrogens with zero attached hydrogens (tertiary/aromatic N) is 1. The van der Waals surface area contributed by atoms with Gasteiger partial charge >= 0.3 is 0 Å². The van der Waals surface area contributed by atoms with Crippen molar-refractivity contribution in [2.75, 3.05) is 0 Å². The molecule has 0 unspecified atom stereocenters. The Balaban J connectivity index is 1.80. The normalized spacial score (nSPS) is 17.0. The first-order valence-electron chi connectivity index (χ1n) is 9.23. The summed E-state index contributed by atoms with van der Waals surface area (Å²) >= 11 is 0. The number of nitrogens with one attached hydrogen (secondary N) is 1. The fraction of sp³-hybridized carbons (Fsp3) is 0.130. The Morgan fingerprint density at radius 2 is 1.39 bits per heavy atom. The minimum absolute atomic E-state index is 0.299. The summed E-state index contributed by atoms with van der Waals surface area (Å²) in [6.45, 7) is 2.02. The molecule has 3 aromatic rings. The summed E-state index contributed by atoms with van der Waals surface area (Å²) in [5.41, 5.74) is 4.75. The van der Waals surface area contributed by atoms with Gasteiger partial charge in [-0.1, -0.05) is 90.5 Å². The van der Waals surface area contributed by atoms with E-state index in [1.807, 2.05) is 91.9 Å². The summed E-state index contributed by atoms with van der Waals surface area (Å²) in [7, 11) is -3.22. The second-order valence-electron chi connectivity index (χ2n) is 6.95. The van der Waals surface area contributed by atoms with Crippen LogP contribution in [0.1, 0.15) is 17.5 Å². The third-order valence-corrected chi connectivity index (χ3v) is 8.52. The lowest BCUT2D eigenvalue weighted by Gasteiger charge is -2.30. The predicted molar refractivity (Wildman–Crippen MR) is 114 cm³/mol. The highest BCUT2D eigenvalue weighted by atomic mass is 31.2. The number of benzene rings is 3. The molecule has 0 spiro atoms. The van der Waals surface area contributed by atoms with Crippen LogP contribution in [0.3, 0.4) is 0 Å². The van der Waals surface area contributed by atoms with Gasteiger partial charge < -0.3 is 4.57 Å². The van der Waals surface area contributed by atoms with E-state index in [-0.39, 0.29) is 5.91 Å². The number of aryl methyl sites for hydroxylation is 1. The van der Waals surface area contributed by atoms with Crippen LogP contribution < -0.4 is 16.0 Å². The van der Waals surface area contributed by atoms with E-state index < -0.39 is 12.8 Å². The van der Waals surface area contributed by atoms with Gasteiger partial charge in [-0.3, -0.25) is 4.79 Å². The van der Waals surface area contributed by atoms with Crippen molar-refractivity contribution in [3.8, 4) is 0 Å². The molecule has 0 aromatic heterocycles. The Kier molecular flexibility index (Phi) is 4.97. The molecule has 5 heteroatoms. The zero-order chi connectivity index (χ0) is 19.6. The zero-order valence-corrected chi connectivity index (χ0v) is 16.5. The zero-order valence-electron chi connectivity index (χ0n) is 15.6. The van der Waals surface area contributed by atoms with Crippen molar-refractivity contribution in [1.82, 2.24) is 5.43 Å². The highest BCUT2D eigenvalue weighted by Gasteiger charge is 2.43. The van der Waals surface area contributed by atoms with E-state index >= 15 is 0 Å². The van der Waals surface area contributed by atoms with Gasteiger partial charge in [-0.15, -0.1) is 0 Å². The number of hydrogen-bond acceptors (Lipinski definition) is 3. The highest BCUT2D eigenvalue weighted by molar-refractivity contribution is 7.80. The molecular formula is C23H21N2O2P. The van der Waals surface area contributed by atoms with Gasteiger partial charge in [0.05, 0.1) is 5.71 Å². The van der Waals surface area contributed by atoms with Crippen molar-refractivity contribution in [1.29, 1.82) is 0 Å². The molecule has 0 saturated heterocycles. The number of hydrogen-bond donors (Lipinski definition) is 1. The highest BCUT2D eigenvalue weighted by Crippen LogP contribution is 2.51. The minimum atomic E-state index is -3.22. The molecule has 1 amide bonds. The Bertz CT molecular complexity index is 1020. The van der Waals surface area contributed by atoms with Gasteiger partial charge in [0.25, 0.3) is 5.91 Å². The fourth-order valence-corrected chi connectivity index (χ4v) is 6.61. The fourth-order valence-electron chi connectivity index (χ4n) is 3.55. The van der Waals surface area contributed by atoms with E-state index in [1.54, 1.807) is 0 Å². The largest absolute Gasteiger partial charge is 0.313 e. The lowest BCUT2D eigenvalue weighted by molar-refractivity contribution is -0.120. The lowest BCUT2D eigenvalue weighted by Crippen LogP contribution is -2.42. The van der Waals surface area contributed by atoms with Gasteiger partial charge in [-0.05, 0) is 12.5 Å². The third-order valence-electron chi connectivity index (χ3n) is 5.09. The van der Waals surface area contributed by atoms with E-state index in [1.165, 1.54) is 0 Å². The lowest BCUT2D eigenvalue weighted by atomic mass is 10.0. The molecule has 28 heavy (non-hydrogen) atoms. The third kappa shape index (κ3) is 3.32. The van der Waals surface area contributed by atoms with Crippen molar-refractivity contribution in [2.24, 2.45) is 5.10 Å². The van der Waals surface area contributed by atoms with Crippen molar-refractivity contribution >= 4 is 29.4 Å². The first-order chi connectivity index (χ1) is 13.6. The van der Waals surface area contributed by atoms with E-state index in [0.717, 1.165) is 16.8 Å². The van der Waals surface area contributed by atoms with Crippen LogP contribution in [0.15, 0.2) is 90.0 Å². The molecule has 0 bridgehead atoms. The molecule has 1 N–H and O–H groups in total. The molecule has 1 aliphatic heterocycles. The minimum Gasteiger partial charge on any atom is -0.313 e. The first kappa shape index (κ1) is 18.4. The molecule has 0 fully saturated rings. The maximum atomic E-state index is 14.5. The van der Waals surface area contributed by atoms with E-state index in [9.17, 15) is 9.36 Å². The average Bonchev–Trinajstić information content (AvgIpc) is 2.75. The molecule has 140 valence electrons. The second kappa shape index (κ2) is 7.57. The summed E-state index contributed by atoms with van der Waals surface area (Å²) in [5.74, 6) is -0.299. The van der Waals surface area contributed by atoms with Crippen LogP contribution in [-0.2, 0) is 9.36 Å². The molecule has 4 nitrogen and oxygen atoms in total. The van der Waals surface area contributed by atoms with Crippen LogP contribution in [0.4, 0.5) is 0 Å². The van der Waals surface area contributed by atoms with Gasteiger partial charge in [0.15, 0.2) is 7.14 Å². The molecule has 3 aromatic carbocycles. The second-order valence-corrected chi connectivity index (χ2v) is 9.92. The van der Waals surface area contributed by atoms with Crippen LogP contribution in [0.25, 0.3) is 0 Å². The summed E-state index contributed by atoms with van der Waals surface area (Å²) in [4.78, 5) is 12.8. The molecular weight excluding hydrogens is 367 g/mol. The maximum absolute atomic E-state index is 14.5. The average molecular weight is 388 g/mol. The number of amides is 1. The number of carbonyl (C=O) groups is 1. The standard InChI is InChI=1S/C23H21N2O2P/c1-17-12-14-18(15-13-17)21-16-22(23(26)25-24-21)28(27,19-8-4-2-5-9-19)20-10-6-3-7-11-20/h2-15,22H,16H2,1H3,(H,25,26)/t22-/m0/s1. The summed E-state index contributed by atoms with van der Waals surface area (Å²) in [5, 5.41) is 5.63. The molecule has 0 radical (unpaired) electrons. The molecule has 1 atom stereocenters. The molecule has 0 aliphatic carbocycles. The summed E-state index contributed by atoms with van der Waals surface area (Å²) in [6.07, 6.45) is 0.329. The Hall–Kier alpha value is -2.97. The van der Waals surface area contributed by atoms with Crippen LogP contribution in [-0.4, -0.2) is 17.3 Å². The summed E-state index contributed by atoms with van der Waals surface area (Å²) in [6, 6.07) is 26.6. The first-order valence-corrected chi connectivity index (χ1v) is 11.0. The van der Waals surface area contributed by atoms with Crippen molar-refractivity contribution in [2.45, 2.75) is 19.0 Å². The topological polar surface area (TPSA) is 58.5 Å². The Labute approximate surface area is 164 Å². The van der Waals surface area contributed by atoms with Gasteiger partial charge in [-0.25, -0.2) is 5.43 Å². The quantitative estimate of drug-likeness (QED) is 0.695.